The van der Waals surface area contributed by atoms with Gasteiger partial charge in [-0.1, -0.05) is 28.1 Å². The van der Waals surface area contributed by atoms with Crippen LogP contribution in [0.2, 0.25) is 0 Å². The van der Waals surface area contributed by atoms with E-state index < -0.39 is 11.9 Å². The lowest BCUT2D eigenvalue weighted by Crippen LogP contribution is -2.22. The average molecular weight is 328 g/mol. The van der Waals surface area contributed by atoms with Gasteiger partial charge in [-0.15, -0.1) is 11.3 Å². The number of nitrogens with two attached hydrogens (primary N) is 1. The molecule has 1 heterocycles. The molecule has 2 N–H and O–H groups in total. The van der Waals surface area contributed by atoms with E-state index in [0.717, 1.165) is 4.88 Å². The first-order valence-corrected chi connectivity index (χ1v) is 7.01. The SMILES string of the molecule is NC(C(=O)Cc1ccc(Br)cc1F)c1cccs1. The highest BCUT2D eigenvalue weighted by molar-refractivity contribution is 9.10. The zero-order valence-corrected chi connectivity index (χ0v) is 11.8. The first-order valence-electron chi connectivity index (χ1n) is 5.33. The van der Waals surface area contributed by atoms with E-state index in [9.17, 15) is 9.18 Å². The molecule has 18 heavy (non-hydrogen) atoms. The molecule has 0 saturated carbocycles. The largest absolute Gasteiger partial charge is 0.317 e. The summed E-state index contributed by atoms with van der Waals surface area (Å²) in [5.41, 5.74) is 6.21. The zero-order valence-electron chi connectivity index (χ0n) is 9.40. The number of hydrogen-bond donors (Lipinski definition) is 1. The van der Waals surface area contributed by atoms with Gasteiger partial charge in [-0.2, -0.15) is 0 Å². The van der Waals surface area contributed by atoms with Crippen molar-refractivity contribution in [2.75, 3.05) is 0 Å². The van der Waals surface area contributed by atoms with Gasteiger partial charge in [0.15, 0.2) is 5.78 Å². The van der Waals surface area contributed by atoms with Crippen LogP contribution in [-0.4, -0.2) is 5.78 Å². The molecule has 0 saturated heterocycles. The third-order valence-corrected chi connectivity index (χ3v) is 4.03. The van der Waals surface area contributed by atoms with Crippen LogP contribution >= 0.6 is 27.3 Å². The van der Waals surface area contributed by atoms with Gasteiger partial charge in [0.1, 0.15) is 5.82 Å². The predicted octanol–water partition coefficient (Wildman–Crippen LogP) is 3.46. The van der Waals surface area contributed by atoms with E-state index in [2.05, 4.69) is 15.9 Å². The molecule has 0 radical (unpaired) electrons. The van der Waals surface area contributed by atoms with Crippen LogP contribution in [0.15, 0.2) is 40.2 Å². The molecule has 0 fully saturated rings. The molecule has 2 rings (SSSR count). The Labute approximate surface area is 117 Å². The molecule has 0 amide bonds. The smallest absolute Gasteiger partial charge is 0.159 e. The van der Waals surface area contributed by atoms with Crippen LogP contribution < -0.4 is 5.73 Å². The van der Waals surface area contributed by atoms with Crippen LogP contribution in [0.3, 0.4) is 0 Å². The lowest BCUT2D eigenvalue weighted by Gasteiger charge is -2.09. The number of hydrogen-bond acceptors (Lipinski definition) is 3. The molecule has 0 aliphatic heterocycles. The third kappa shape index (κ3) is 3.04. The second-order valence-corrected chi connectivity index (χ2v) is 5.77. The van der Waals surface area contributed by atoms with Crippen molar-refractivity contribution < 1.29 is 9.18 Å². The summed E-state index contributed by atoms with van der Waals surface area (Å²) in [4.78, 5) is 12.8. The predicted molar refractivity (Wildman–Crippen MR) is 74.1 cm³/mol. The maximum absolute atomic E-state index is 13.6. The summed E-state index contributed by atoms with van der Waals surface area (Å²) in [7, 11) is 0. The minimum Gasteiger partial charge on any atom is -0.317 e. The summed E-state index contributed by atoms with van der Waals surface area (Å²) in [5.74, 6) is -0.574. The third-order valence-electron chi connectivity index (χ3n) is 2.58. The molecule has 1 atom stereocenters. The van der Waals surface area contributed by atoms with Gasteiger partial charge >= 0.3 is 0 Å². The number of benzene rings is 1. The van der Waals surface area contributed by atoms with Crippen molar-refractivity contribution in [3.8, 4) is 0 Å². The Morgan fingerprint density at radius 3 is 2.83 bits per heavy atom. The van der Waals surface area contributed by atoms with Crippen molar-refractivity contribution in [1.82, 2.24) is 0 Å². The van der Waals surface area contributed by atoms with Crippen molar-refractivity contribution >= 4 is 33.0 Å². The van der Waals surface area contributed by atoms with E-state index in [4.69, 9.17) is 5.73 Å². The minimum atomic E-state index is -0.673. The molecule has 0 aliphatic carbocycles. The van der Waals surface area contributed by atoms with E-state index >= 15 is 0 Å². The monoisotopic (exact) mass is 327 g/mol. The second-order valence-electron chi connectivity index (χ2n) is 3.87. The summed E-state index contributed by atoms with van der Waals surface area (Å²) < 4.78 is 14.2. The fourth-order valence-corrected chi connectivity index (χ4v) is 2.67. The maximum Gasteiger partial charge on any atom is 0.159 e. The number of carbonyl (C=O) groups is 1. The van der Waals surface area contributed by atoms with E-state index in [1.165, 1.54) is 17.4 Å². The molecule has 2 aromatic rings. The van der Waals surface area contributed by atoms with E-state index in [1.54, 1.807) is 12.1 Å². The van der Waals surface area contributed by atoms with Gasteiger partial charge in [0.25, 0.3) is 0 Å². The quantitative estimate of drug-likeness (QED) is 0.934. The summed E-state index contributed by atoms with van der Waals surface area (Å²) in [6.07, 6.45) is 0.0121. The average Bonchev–Trinajstić information content (AvgIpc) is 2.85. The Morgan fingerprint density at radius 1 is 1.44 bits per heavy atom. The van der Waals surface area contributed by atoms with E-state index in [0.29, 0.717) is 10.0 Å². The Kier molecular flexibility index (Phi) is 4.27. The normalized spacial score (nSPS) is 12.4. The number of Topliss-reactive ketones (excluding diaryl/α,β-unsaturated/α-hetero) is 1. The molecule has 2 nitrogen and oxygen atoms in total. The number of thiophene rings is 1. The van der Waals surface area contributed by atoms with Crippen LogP contribution in [-0.2, 0) is 11.2 Å². The highest BCUT2D eigenvalue weighted by Gasteiger charge is 2.18. The fourth-order valence-electron chi connectivity index (χ4n) is 1.59. The van der Waals surface area contributed by atoms with Crippen LogP contribution in [0.25, 0.3) is 0 Å². The molecule has 5 heteroatoms. The Balaban J connectivity index is 2.12. The summed E-state index contributed by atoms with van der Waals surface area (Å²) in [6, 6.07) is 7.63. The van der Waals surface area contributed by atoms with Gasteiger partial charge in [-0.25, -0.2) is 4.39 Å². The Morgan fingerprint density at radius 2 is 2.22 bits per heavy atom. The summed E-state index contributed by atoms with van der Waals surface area (Å²) in [5, 5.41) is 1.86. The van der Waals surface area contributed by atoms with Gasteiger partial charge < -0.3 is 5.73 Å². The molecular weight excluding hydrogens is 317 g/mol. The van der Waals surface area contributed by atoms with Gasteiger partial charge in [-0.05, 0) is 29.1 Å². The van der Waals surface area contributed by atoms with Crippen molar-refractivity contribution in [3.63, 3.8) is 0 Å². The lowest BCUT2D eigenvalue weighted by atomic mass is 10.0. The molecule has 94 valence electrons. The topological polar surface area (TPSA) is 43.1 Å². The number of ketones is 1. The molecule has 0 bridgehead atoms. The van der Waals surface area contributed by atoms with Gasteiger partial charge in [-0.3, -0.25) is 4.79 Å². The highest BCUT2D eigenvalue weighted by atomic mass is 79.9. The number of rotatable bonds is 4. The minimum absolute atomic E-state index is 0.0121. The number of carbonyl (C=O) groups excluding carboxylic acids is 1. The lowest BCUT2D eigenvalue weighted by molar-refractivity contribution is -0.119. The maximum atomic E-state index is 13.6. The standard InChI is InChI=1S/C13H11BrFNOS/c14-9-4-3-8(10(15)7-9)6-11(17)13(16)12-2-1-5-18-12/h1-5,7,13H,6,16H2. The zero-order chi connectivity index (χ0) is 13.1. The fraction of sp³-hybridized carbons (Fsp3) is 0.154. The first kappa shape index (κ1) is 13.4. The number of halogens is 2. The van der Waals surface area contributed by atoms with Crippen molar-refractivity contribution in [1.29, 1.82) is 0 Å². The van der Waals surface area contributed by atoms with Gasteiger partial charge in [0.2, 0.25) is 0 Å². The Hall–Kier alpha value is -1.04. The van der Waals surface area contributed by atoms with E-state index in [-0.39, 0.29) is 12.2 Å². The van der Waals surface area contributed by atoms with Crippen molar-refractivity contribution in [2.45, 2.75) is 12.5 Å². The Bertz CT molecular complexity index is 556. The first-order chi connectivity index (χ1) is 8.58. The van der Waals surface area contributed by atoms with Gasteiger partial charge in [0.05, 0.1) is 6.04 Å². The highest BCUT2D eigenvalue weighted by Crippen LogP contribution is 2.21. The molecule has 1 aromatic carbocycles. The van der Waals surface area contributed by atoms with Crippen LogP contribution in [0.4, 0.5) is 4.39 Å². The second kappa shape index (κ2) is 5.73. The van der Waals surface area contributed by atoms with Gasteiger partial charge in [0, 0.05) is 15.8 Å². The molecule has 0 aliphatic rings. The molecular formula is C13H11BrFNOS. The molecule has 1 aromatic heterocycles. The van der Waals surface area contributed by atoms with Crippen molar-refractivity contribution in [3.05, 3.63) is 56.4 Å². The van der Waals surface area contributed by atoms with Crippen molar-refractivity contribution in [2.24, 2.45) is 5.73 Å². The van der Waals surface area contributed by atoms with Crippen LogP contribution in [0.5, 0.6) is 0 Å². The van der Waals surface area contributed by atoms with Crippen LogP contribution in [0, 0.1) is 5.82 Å². The summed E-state index contributed by atoms with van der Waals surface area (Å²) in [6.45, 7) is 0. The molecule has 0 spiro atoms. The van der Waals surface area contributed by atoms with Crippen LogP contribution in [0.1, 0.15) is 16.5 Å². The summed E-state index contributed by atoms with van der Waals surface area (Å²) >= 11 is 4.60. The molecule has 1 unspecified atom stereocenters. The van der Waals surface area contributed by atoms with E-state index in [1.807, 2.05) is 17.5 Å².